The van der Waals surface area contributed by atoms with Crippen molar-refractivity contribution in [2.45, 2.75) is 12.8 Å². The number of nitrogens with one attached hydrogen (secondary N) is 1. The molecule has 136 valence electrons. The van der Waals surface area contributed by atoms with Crippen molar-refractivity contribution in [1.29, 1.82) is 0 Å². The second-order valence-electron chi connectivity index (χ2n) is 6.39. The van der Waals surface area contributed by atoms with Crippen LogP contribution in [0.2, 0.25) is 0 Å². The highest BCUT2D eigenvalue weighted by Crippen LogP contribution is 2.26. The Morgan fingerprint density at radius 2 is 1.78 bits per heavy atom. The first-order valence-corrected chi connectivity index (χ1v) is 9.53. The van der Waals surface area contributed by atoms with Crippen LogP contribution in [0.15, 0.2) is 60.7 Å². The SMILES string of the molecule is O=C(Nc1nnc(Cc2ccccc2)s1)[C@H]1CC(=O)N(c2ccccc2)C1. The van der Waals surface area contributed by atoms with Gasteiger partial charge in [0, 0.05) is 25.1 Å². The van der Waals surface area contributed by atoms with E-state index in [0.717, 1.165) is 16.3 Å². The van der Waals surface area contributed by atoms with Crippen molar-refractivity contribution < 1.29 is 9.59 Å². The molecule has 0 unspecified atom stereocenters. The molecule has 1 fully saturated rings. The maximum Gasteiger partial charge on any atom is 0.231 e. The first kappa shape index (κ1) is 17.4. The van der Waals surface area contributed by atoms with E-state index in [1.165, 1.54) is 11.3 Å². The Hall–Kier alpha value is -3.06. The van der Waals surface area contributed by atoms with Crippen molar-refractivity contribution in [2.75, 3.05) is 16.8 Å². The quantitative estimate of drug-likeness (QED) is 0.740. The number of rotatable bonds is 5. The van der Waals surface area contributed by atoms with Gasteiger partial charge >= 0.3 is 0 Å². The van der Waals surface area contributed by atoms with Gasteiger partial charge in [0.05, 0.1) is 5.92 Å². The molecule has 1 aromatic heterocycles. The smallest absolute Gasteiger partial charge is 0.231 e. The number of aromatic nitrogens is 2. The lowest BCUT2D eigenvalue weighted by Crippen LogP contribution is -2.28. The fourth-order valence-corrected chi connectivity index (χ4v) is 3.87. The van der Waals surface area contributed by atoms with Crippen LogP contribution in [0.3, 0.4) is 0 Å². The van der Waals surface area contributed by atoms with Crippen molar-refractivity contribution in [3.8, 4) is 0 Å². The Bertz CT molecular complexity index is 943. The van der Waals surface area contributed by atoms with Crippen LogP contribution in [-0.2, 0) is 16.0 Å². The van der Waals surface area contributed by atoms with E-state index in [4.69, 9.17) is 0 Å². The number of nitrogens with zero attached hydrogens (tertiary/aromatic N) is 3. The van der Waals surface area contributed by atoms with Gasteiger partial charge in [-0.05, 0) is 17.7 Å². The Morgan fingerprint density at radius 1 is 1.07 bits per heavy atom. The van der Waals surface area contributed by atoms with Crippen LogP contribution >= 0.6 is 11.3 Å². The summed E-state index contributed by atoms with van der Waals surface area (Å²) in [4.78, 5) is 26.5. The fraction of sp³-hybridized carbons (Fsp3) is 0.200. The molecule has 2 amide bonds. The molecule has 1 atom stereocenters. The number of carbonyl (C=O) groups excluding carboxylic acids is 2. The molecular weight excluding hydrogens is 360 g/mol. The largest absolute Gasteiger partial charge is 0.312 e. The third-order valence-corrected chi connectivity index (χ3v) is 5.30. The minimum Gasteiger partial charge on any atom is -0.312 e. The number of carbonyl (C=O) groups is 2. The predicted molar refractivity (Wildman–Crippen MR) is 105 cm³/mol. The van der Waals surface area contributed by atoms with Crippen LogP contribution < -0.4 is 10.2 Å². The number of para-hydroxylation sites is 1. The molecule has 7 heteroatoms. The zero-order valence-electron chi connectivity index (χ0n) is 14.5. The maximum absolute atomic E-state index is 12.6. The standard InChI is InChI=1S/C20H18N4O2S/c25-18-12-15(13-24(18)16-9-5-2-6-10-16)19(26)21-20-23-22-17(27-20)11-14-7-3-1-4-8-14/h1-10,15H,11-13H2,(H,21,23,26)/t15-/m0/s1. The summed E-state index contributed by atoms with van der Waals surface area (Å²) in [5.74, 6) is -0.619. The first-order chi connectivity index (χ1) is 13.2. The van der Waals surface area contributed by atoms with Gasteiger partial charge in [-0.3, -0.25) is 9.59 Å². The number of benzene rings is 2. The molecule has 3 aromatic rings. The van der Waals surface area contributed by atoms with Crippen molar-refractivity contribution in [3.63, 3.8) is 0 Å². The van der Waals surface area contributed by atoms with Gasteiger partial charge in [-0.2, -0.15) is 0 Å². The summed E-state index contributed by atoms with van der Waals surface area (Å²) in [5.41, 5.74) is 1.96. The van der Waals surface area contributed by atoms with E-state index < -0.39 is 0 Å². The van der Waals surface area contributed by atoms with Crippen LogP contribution in [0.4, 0.5) is 10.8 Å². The molecule has 2 aromatic carbocycles. The zero-order valence-corrected chi connectivity index (χ0v) is 15.4. The highest BCUT2D eigenvalue weighted by atomic mass is 32.1. The molecule has 6 nitrogen and oxygen atoms in total. The molecule has 0 bridgehead atoms. The van der Waals surface area contributed by atoms with Crippen molar-refractivity contribution in [3.05, 3.63) is 71.2 Å². The normalized spacial score (nSPS) is 16.5. The van der Waals surface area contributed by atoms with E-state index in [1.54, 1.807) is 4.90 Å². The summed E-state index contributed by atoms with van der Waals surface area (Å²) in [6.07, 6.45) is 0.883. The van der Waals surface area contributed by atoms with Gasteiger partial charge in [0.1, 0.15) is 5.01 Å². The summed E-state index contributed by atoms with van der Waals surface area (Å²) < 4.78 is 0. The number of hydrogen-bond acceptors (Lipinski definition) is 5. The molecule has 27 heavy (non-hydrogen) atoms. The van der Waals surface area contributed by atoms with Crippen molar-refractivity contribution >= 4 is 34.0 Å². The van der Waals surface area contributed by atoms with E-state index in [1.807, 2.05) is 60.7 Å². The van der Waals surface area contributed by atoms with Gasteiger partial charge in [0.15, 0.2) is 0 Å². The molecule has 0 spiro atoms. The lowest BCUT2D eigenvalue weighted by atomic mass is 10.1. The van der Waals surface area contributed by atoms with Gasteiger partial charge in [0.25, 0.3) is 0 Å². The second-order valence-corrected chi connectivity index (χ2v) is 7.46. The summed E-state index contributed by atoms with van der Waals surface area (Å²) in [6, 6.07) is 19.4. The summed E-state index contributed by atoms with van der Waals surface area (Å²) in [6.45, 7) is 0.379. The van der Waals surface area contributed by atoms with Crippen molar-refractivity contribution in [2.24, 2.45) is 5.92 Å². The topological polar surface area (TPSA) is 75.2 Å². The molecule has 0 saturated carbocycles. The zero-order chi connectivity index (χ0) is 18.6. The molecule has 1 aliphatic heterocycles. The lowest BCUT2D eigenvalue weighted by Gasteiger charge is -2.16. The highest BCUT2D eigenvalue weighted by Gasteiger charge is 2.35. The van der Waals surface area contributed by atoms with Gasteiger partial charge in [-0.25, -0.2) is 0 Å². The molecule has 1 aliphatic rings. The van der Waals surface area contributed by atoms with Crippen LogP contribution in [0.1, 0.15) is 17.0 Å². The van der Waals surface area contributed by atoms with Crippen molar-refractivity contribution in [1.82, 2.24) is 10.2 Å². The van der Waals surface area contributed by atoms with E-state index in [9.17, 15) is 9.59 Å². The van der Waals surface area contributed by atoms with Crippen LogP contribution in [0.25, 0.3) is 0 Å². The third-order valence-electron chi connectivity index (χ3n) is 4.46. The van der Waals surface area contributed by atoms with E-state index >= 15 is 0 Å². The molecule has 1 saturated heterocycles. The predicted octanol–water partition coefficient (Wildman–Crippen LogP) is 3.12. The Balaban J connectivity index is 1.38. The number of amides is 2. The van der Waals surface area contributed by atoms with E-state index in [-0.39, 0.29) is 24.2 Å². The first-order valence-electron chi connectivity index (χ1n) is 8.71. The number of hydrogen-bond donors (Lipinski definition) is 1. The molecule has 0 radical (unpaired) electrons. The molecular formula is C20H18N4O2S. The van der Waals surface area contributed by atoms with E-state index in [2.05, 4.69) is 15.5 Å². The monoisotopic (exact) mass is 378 g/mol. The minimum atomic E-state index is -0.390. The minimum absolute atomic E-state index is 0.0385. The van der Waals surface area contributed by atoms with Gasteiger partial charge in [-0.15, -0.1) is 10.2 Å². The second kappa shape index (κ2) is 7.67. The highest BCUT2D eigenvalue weighted by molar-refractivity contribution is 7.15. The summed E-state index contributed by atoms with van der Waals surface area (Å²) >= 11 is 1.36. The lowest BCUT2D eigenvalue weighted by molar-refractivity contribution is -0.122. The molecule has 2 heterocycles. The average Bonchev–Trinajstić information content (AvgIpc) is 3.30. The molecule has 0 aliphatic carbocycles. The molecule has 1 N–H and O–H groups in total. The van der Waals surface area contributed by atoms with Gasteiger partial charge < -0.3 is 10.2 Å². The van der Waals surface area contributed by atoms with E-state index in [0.29, 0.717) is 18.1 Å². The van der Waals surface area contributed by atoms with Gasteiger partial charge in [0.2, 0.25) is 16.9 Å². The van der Waals surface area contributed by atoms with Gasteiger partial charge in [-0.1, -0.05) is 59.9 Å². The van der Waals surface area contributed by atoms with Crippen LogP contribution in [0.5, 0.6) is 0 Å². The number of anilines is 2. The van der Waals surface area contributed by atoms with Crippen LogP contribution in [-0.4, -0.2) is 28.6 Å². The fourth-order valence-electron chi connectivity index (χ4n) is 3.09. The third kappa shape index (κ3) is 4.03. The maximum atomic E-state index is 12.6. The summed E-state index contributed by atoms with van der Waals surface area (Å²) in [7, 11) is 0. The Morgan fingerprint density at radius 3 is 2.52 bits per heavy atom. The Labute approximate surface area is 160 Å². The summed E-state index contributed by atoms with van der Waals surface area (Å²) in [5, 5.41) is 12.3. The average molecular weight is 378 g/mol. The Kier molecular flexibility index (Phi) is 4.93. The molecule has 4 rings (SSSR count). The van der Waals surface area contributed by atoms with Crippen LogP contribution in [0, 0.1) is 5.92 Å².